The zero-order chi connectivity index (χ0) is 16.8. The van der Waals surface area contributed by atoms with Gasteiger partial charge in [-0.1, -0.05) is 23.3 Å². The summed E-state index contributed by atoms with van der Waals surface area (Å²) < 4.78 is 0. The Hall–Kier alpha value is -1.98. The van der Waals surface area contributed by atoms with Crippen LogP contribution in [0.15, 0.2) is 33.3 Å². The van der Waals surface area contributed by atoms with Crippen LogP contribution in [0.2, 0.25) is 0 Å². The van der Waals surface area contributed by atoms with E-state index in [0.717, 1.165) is 25.9 Å². The Morgan fingerprint density at radius 3 is 1.45 bits per heavy atom. The molecule has 0 spiro atoms. The monoisotopic (exact) mass is 308 g/mol. The van der Waals surface area contributed by atoms with Crippen LogP contribution >= 0.6 is 0 Å². The molecule has 0 fully saturated rings. The minimum atomic E-state index is 0.494. The highest BCUT2D eigenvalue weighted by molar-refractivity contribution is 5.78. The van der Waals surface area contributed by atoms with E-state index in [2.05, 4.69) is 20.6 Å². The molecule has 0 aromatic rings. The summed E-state index contributed by atoms with van der Waals surface area (Å²) in [6.45, 7) is 11.0. The number of nitrogens with zero attached hydrogens (tertiary/aromatic N) is 2. The fraction of sp³-hybridized carbons (Fsp3) is 0.625. The van der Waals surface area contributed by atoms with E-state index in [1.807, 2.05) is 39.8 Å². The number of hydrogen-bond acceptors (Lipinski definition) is 2. The van der Waals surface area contributed by atoms with Crippen molar-refractivity contribution in [1.29, 1.82) is 0 Å². The van der Waals surface area contributed by atoms with Gasteiger partial charge in [0.1, 0.15) is 0 Å². The van der Waals surface area contributed by atoms with Crippen molar-refractivity contribution < 1.29 is 0 Å². The number of allylic oxidation sites excluding steroid dienone is 2. The maximum atomic E-state index is 5.75. The average Bonchev–Trinajstić information content (AvgIpc) is 2.41. The number of hydrogen-bond donors (Lipinski definition) is 4. The molecule has 0 aliphatic rings. The lowest BCUT2D eigenvalue weighted by atomic mass is 10.3. The molecule has 0 heterocycles. The molecule has 0 saturated carbocycles. The van der Waals surface area contributed by atoms with Gasteiger partial charge in [0.15, 0.2) is 11.9 Å². The summed E-state index contributed by atoms with van der Waals surface area (Å²) in [5.74, 6) is 0.988. The van der Waals surface area contributed by atoms with Gasteiger partial charge in [-0.15, -0.1) is 0 Å². The van der Waals surface area contributed by atoms with Crippen molar-refractivity contribution in [1.82, 2.24) is 10.6 Å². The maximum absolute atomic E-state index is 5.75. The van der Waals surface area contributed by atoms with E-state index in [4.69, 9.17) is 11.5 Å². The molecule has 0 atom stereocenters. The number of nitrogens with one attached hydrogen (secondary N) is 2. The van der Waals surface area contributed by atoms with E-state index >= 15 is 0 Å². The minimum absolute atomic E-state index is 0.494. The Labute approximate surface area is 134 Å². The number of rotatable bonds is 9. The van der Waals surface area contributed by atoms with E-state index in [1.54, 1.807) is 0 Å². The molecular weight excluding hydrogens is 276 g/mol. The first kappa shape index (κ1) is 20.0. The Balaban J connectivity index is 3.65. The second kappa shape index (κ2) is 12.7. The van der Waals surface area contributed by atoms with Crippen molar-refractivity contribution >= 4 is 11.9 Å². The van der Waals surface area contributed by atoms with Gasteiger partial charge < -0.3 is 22.1 Å². The fourth-order valence-electron chi connectivity index (χ4n) is 1.45. The number of unbranched alkanes of at least 4 members (excludes halogenated alkanes) is 1. The molecule has 0 aromatic carbocycles. The van der Waals surface area contributed by atoms with Crippen LogP contribution in [-0.4, -0.2) is 38.1 Å². The van der Waals surface area contributed by atoms with Gasteiger partial charge in [0.2, 0.25) is 0 Å². The maximum Gasteiger partial charge on any atom is 0.188 e. The predicted octanol–water partition coefficient (Wildman–Crippen LogP) is 1.51. The molecule has 0 amide bonds. The van der Waals surface area contributed by atoms with Gasteiger partial charge in [0, 0.05) is 13.1 Å². The van der Waals surface area contributed by atoms with Crippen LogP contribution in [0.1, 0.15) is 40.5 Å². The summed E-state index contributed by atoms with van der Waals surface area (Å²) in [6, 6.07) is 0. The molecule has 0 radical (unpaired) electrons. The minimum Gasteiger partial charge on any atom is -0.370 e. The highest BCUT2D eigenvalue weighted by Crippen LogP contribution is 1.89. The van der Waals surface area contributed by atoms with Crippen LogP contribution in [0.5, 0.6) is 0 Å². The highest BCUT2D eigenvalue weighted by Gasteiger charge is 1.93. The van der Waals surface area contributed by atoms with Crippen LogP contribution in [0, 0.1) is 0 Å². The normalized spacial score (nSPS) is 11.8. The van der Waals surface area contributed by atoms with Crippen molar-refractivity contribution in [3.05, 3.63) is 23.3 Å². The van der Waals surface area contributed by atoms with E-state index in [0.29, 0.717) is 25.0 Å². The lowest BCUT2D eigenvalue weighted by molar-refractivity contribution is 0.685. The Morgan fingerprint density at radius 2 is 1.14 bits per heavy atom. The number of aliphatic imine (C=N–C) groups is 2. The van der Waals surface area contributed by atoms with Gasteiger partial charge >= 0.3 is 0 Å². The van der Waals surface area contributed by atoms with Crippen LogP contribution in [-0.2, 0) is 0 Å². The largest absolute Gasteiger partial charge is 0.370 e. The SMILES string of the molecule is CC(C)=CCN=C(N)NCCCCNC(N)=NCC=C(C)C. The van der Waals surface area contributed by atoms with Crippen molar-refractivity contribution in [3.8, 4) is 0 Å². The van der Waals surface area contributed by atoms with Gasteiger partial charge in [0.25, 0.3) is 0 Å². The van der Waals surface area contributed by atoms with Crippen molar-refractivity contribution in [3.63, 3.8) is 0 Å². The zero-order valence-electron chi connectivity index (χ0n) is 14.4. The summed E-state index contributed by atoms with van der Waals surface area (Å²) in [4.78, 5) is 8.41. The molecule has 6 nitrogen and oxygen atoms in total. The molecule has 6 N–H and O–H groups in total. The molecule has 126 valence electrons. The quantitative estimate of drug-likeness (QED) is 0.224. The van der Waals surface area contributed by atoms with Gasteiger partial charge in [-0.25, -0.2) is 9.98 Å². The smallest absolute Gasteiger partial charge is 0.188 e. The molecule has 0 aromatic heterocycles. The van der Waals surface area contributed by atoms with Crippen LogP contribution in [0.25, 0.3) is 0 Å². The summed E-state index contributed by atoms with van der Waals surface area (Å²) in [7, 11) is 0. The lowest BCUT2D eigenvalue weighted by Crippen LogP contribution is -2.34. The lowest BCUT2D eigenvalue weighted by Gasteiger charge is -2.07. The first-order chi connectivity index (χ1) is 10.4. The number of nitrogens with two attached hydrogens (primary N) is 2. The average molecular weight is 308 g/mol. The third kappa shape index (κ3) is 14.4. The van der Waals surface area contributed by atoms with E-state index in [1.165, 1.54) is 11.1 Å². The van der Waals surface area contributed by atoms with Crippen LogP contribution < -0.4 is 22.1 Å². The fourth-order valence-corrected chi connectivity index (χ4v) is 1.45. The van der Waals surface area contributed by atoms with Crippen LogP contribution in [0.3, 0.4) is 0 Å². The molecule has 0 rings (SSSR count). The molecule has 0 unspecified atom stereocenters. The van der Waals surface area contributed by atoms with Gasteiger partial charge in [-0.05, 0) is 40.5 Å². The standard InChI is InChI=1S/C16H32N6/c1-13(2)7-11-21-15(17)19-9-5-6-10-20-16(18)22-12-8-14(3)4/h7-8H,5-6,9-12H2,1-4H3,(H3,17,19,21)(H3,18,20,22). The van der Waals surface area contributed by atoms with Gasteiger partial charge in [-0.2, -0.15) is 0 Å². The zero-order valence-corrected chi connectivity index (χ0v) is 14.4. The summed E-state index contributed by atoms with van der Waals surface area (Å²) in [5, 5.41) is 6.19. The second-order valence-corrected chi connectivity index (χ2v) is 5.58. The van der Waals surface area contributed by atoms with Crippen LogP contribution in [0.4, 0.5) is 0 Å². The highest BCUT2D eigenvalue weighted by atomic mass is 15.1. The third-order valence-electron chi connectivity index (χ3n) is 2.74. The summed E-state index contributed by atoms with van der Waals surface area (Å²) in [5.41, 5.74) is 14.0. The molecule has 22 heavy (non-hydrogen) atoms. The Morgan fingerprint density at radius 1 is 0.773 bits per heavy atom. The summed E-state index contributed by atoms with van der Waals surface area (Å²) in [6.07, 6.45) is 6.06. The van der Waals surface area contributed by atoms with E-state index in [-0.39, 0.29) is 0 Å². The molecule has 0 saturated heterocycles. The Bertz CT molecular complexity index is 372. The van der Waals surface area contributed by atoms with Crippen molar-refractivity contribution in [2.45, 2.75) is 40.5 Å². The first-order valence-electron chi connectivity index (χ1n) is 7.76. The van der Waals surface area contributed by atoms with Gasteiger partial charge in [0.05, 0.1) is 13.1 Å². The Kier molecular flexibility index (Phi) is 11.6. The first-order valence-corrected chi connectivity index (χ1v) is 7.76. The molecule has 0 aliphatic carbocycles. The predicted molar refractivity (Wildman–Crippen MR) is 97.1 cm³/mol. The topological polar surface area (TPSA) is 101 Å². The van der Waals surface area contributed by atoms with E-state index in [9.17, 15) is 0 Å². The second-order valence-electron chi connectivity index (χ2n) is 5.58. The van der Waals surface area contributed by atoms with Crippen molar-refractivity contribution in [2.24, 2.45) is 21.5 Å². The molecular formula is C16H32N6. The van der Waals surface area contributed by atoms with Crippen molar-refractivity contribution in [2.75, 3.05) is 26.2 Å². The summed E-state index contributed by atoms with van der Waals surface area (Å²) >= 11 is 0. The third-order valence-corrected chi connectivity index (χ3v) is 2.74. The number of guanidine groups is 2. The van der Waals surface area contributed by atoms with Gasteiger partial charge in [-0.3, -0.25) is 0 Å². The molecule has 0 aliphatic heterocycles. The van der Waals surface area contributed by atoms with E-state index < -0.39 is 0 Å². The molecule has 6 heteroatoms. The molecule has 0 bridgehead atoms.